The van der Waals surface area contributed by atoms with Crippen LogP contribution in [0.25, 0.3) is 0 Å². The molecule has 4 saturated carbocycles. The van der Waals surface area contributed by atoms with E-state index in [-0.39, 0.29) is 12.1 Å². The van der Waals surface area contributed by atoms with Gasteiger partial charge < -0.3 is 4.74 Å². The van der Waals surface area contributed by atoms with Crippen molar-refractivity contribution in [2.45, 2.75) is 78.2 Å². The van der Waals surface area contributed by atoms with E-state index in [1.54, 1.807) is 12.5 Å². The second-order valence-electron chi connectivity index (χ2n) is 10.2. The average molecular weight is 328 g/mol. The Bertz CT molecular complexity index is 607. The van der Waals surface area contributed by atoms with Gasteiger partial charge in [0, 0.05) is 13.3 Å². The number of ether oxygens (including phenoxy) is 1. The summed E-state index contributed by atoms with van der Waals surface area (Å²) in [5.74, 6) is 4.85. The summed E-state index contributed by atoms with van der Waals surface area (Å²) in [6.07, 6.45) is 13.2. The monoisotopic (exact) mass is 328 g/mol. The number of esters is 1. The molecule has 0 aromatic carbocycles. The van der Waals surface area contributed by atoms with Crippen LogP contribution in [0, 0.1) is 40.4 Å². The van der Waals surface area contributed by atoms with Gasteiger partial charge in [-0.1, -0.05) is 25.5 Å². The molecule has 0 heterocycles. The van der Waals surface area contributed by atoms with E-state index in [2.05, 4.69) is 19.9 Å². The highest BCUT2D eigenvalue weighted by atomic mass is 16.5. The molecule has 2 nitrogen and oxygen atoms in total. The minimum absolute atomic E-state index is 0.114. The highest BCUT2D eigenvalue weighted by Crippen LogP contribution is 2.73. The van der Waals surface area contributed by atoms with Crippen molar-refractivity contribution in [1.29, 1.82) is 0 Å². The van der Waals surface area contributed by atoms with Gasteiger partial charge in [-0.25, -0.2) is 0 Å². The summed E-state index contributed by atoms with van der Waals surface area (Å²) < 4.78 is 5.55. The Balaban J connectivity index is 1.43. The van der Waals surface area contributed by atoms with Crippen molar-refractivity contribution in [3.8, 4) is 0 Å². The molecule has 0 aromatic heterocycles. The summed E-state index contributed by atoms with van der Waals surface area (Å²) in [7, 11) is 0. The van der Waals surface area contributed by atoms with Crippen LogP contribution < -0.4 is 0 Å². The lowest BCUT2D eigenvalue weighted by atomic mass is 9.47. The average Bonchev–Trinajstić information content (AvgIpc) is 3.18. The summed E-state index contributed by atoms with van der Waals surface area (Å²) in [5, 5.41) is 0. The molecular formula is C22H32O2. The molecule has 0 radical (unpaired) electrons. The summed E-state index contributed by atoms with van der Waals surface area (Å²) >= 11 is 0. The zero-order valence-electron chi connectivity index (χ0n) is 15.5. The molecule has 0 aliphatic heterocycles. The van der Waals surface area contributed by atoms with Crippen molar-refractivity contribution >= 4 is 5.97 Å². The smallest absolute Gasteiger partial charge is 0.302 e. The van der Waals surface area contributed by atoms with Gasteiger partial charge in [-0.3, -0.25) is 4.79 Å². The fraction of sp³-hybridized carbons (Fsp3) is 0.864. The lowest BCUT2D eigenvalue weighted by molar-refractivity contribution is -0.148. The zero-order valence-corrected chi connectivity index (χ0v) is 15.5. The quantitative estimate of drug-likeness (QED) is 0.493. The van der Waals surface area contributed by atoms with Crippen LogP contribution in [0.5, 0.6) is 0 Å². The van der Waals surface area contributed by atoms with E-state index in [4.69, 9.17) is 4.74 Å². The Morgan fingerprint density at radius 1 is 1.21 bits per heavy atom. The Morgan fingerprint density at radius 2 is 2.04 bits per heavy atom. The summed E-state index contributed by atoms with van der Waals surface area (Å²) in [6, 6.07) is 0. The molecule has 0 N–H and O–H groups in total. The molecule has 5 aliphatic carbocycles. The summed E-state index contributed by atoms with van der Waals surface area (Å²) in [4.78, 5) is 11.3. The van der Waals surface area contributed by atoms with E-state index in [0.29, 0.717) is 10.8 Å². The largest absolute Gasteiger partial charge is 0.462 e. The Morgan fingerprint density at radius 3 is 2.83 bits per heavy atom. The highest BCUT2D eigenvalue weighted by molar-refractivity contribution is 5.66. The molecule has 0 bridgehead atoms. The standard InChI is InChI=1S/C22H32O2/c1-13(23)24-16-6-9-22(3)15(11-16)4-5-17-19(22)7-8-21(2)12-14-10-18(14)20(17)21/h4,14,16-20H,5-12H2,1-3H3/t14-,16-,17+,18-,19-,20+,21+,22-/m0/s1. The SMILES string of the molecule is CC(=O)O[C@H]1CC[C@@]2(C)C(=CC[C@H]3[C@@H]4[C@H]5C[C@H]5C[C@@]4(C)CC[C@@H]32)C1. The maximum atomic E-state index is 11.3. The van der Waals surface area contributed by atoms with Gasteiger partial charge >= 0.3 is 5.97 Å². The lowest BCUT2D eigenvalue weighted by Gasteiger charge is -2.58. The van der Waals surface area contributed by atoms with E-state index in [9.17, 15) is 4.79 Å². The molecular weight excluding hydrogens is 296 g/mol. The molecule has 8 atom stereocenters. The molecule has 0 aromatic rings. The second kappa shape index (κ2) is 4.89. The third-order valence-electron chi connectivity index (χ3n) is 8.93. The van der Waals surface area contributed by atoms with Crippen molar-refractivity contribution in [3.05, 3.63) is 11.6 Å². The number of hydrogen-bond acceptors (Lipinski definition) is 2. The highest BCUT2D eigenvalue weighted by Gasteiger charge is 2.65. The predicted octanol–water partition coefficient (Wildman–Crippen LogP) is 5.13. The van der Waals surface area contributed by atoms with E-state index in [0.717, 1.165) is 42.4 Å². The first-order chi connectivity index (χ1) is 11.4. The van der Waals surface area contributed by atoms with Gasteiger partial charge in [-0.05, 0) is 85.4 Å². The van der Waals surface area contributed by atoms with E-state index in [1.165, 1.54) is 38.5 Å². The third-order valence-corrected chi connectivity index (χ3v) is 8.93. The van der Waals surface area contributed by atoms with Crippen LogP contribution in [0.4, 0.5) is 0 Å². The first-order valence-corrected chi connectivity index (χ1v) is 10.3. The van der Waals surface area contributed by atoms with Crippen LogP contribution >= 0.6 is 0 Å². The summed E-state index contributed by atoms with van der Waals surface area (Å²) in [5.41, 5.74) is 2.66. The molecule has 4 fully saturated rings. The fourth-order valence-electron chi connectivity index (χ4n) is 7.91. The number of allylic oxidation sites excluding steroid dienone is 1. The molecule has 132 valence electrons. The molecule has 0 amide bonds. The topological polar surface area (TPSA) is 26.3 Å². The van der Waals surface area contributed by atoms with E-state index < -0.39 is 0 Å². The van der Waals surface area contributed by atoms with Crippen molar-refractivity contribution < 1.29 is 9.53 Å². The van der Waals surface area contributed by atoms with Crippen molar-refractivity contribution in [2.75, 3.05) is 0 Å². The number of rotatable bonds is 1. The van der Waals surface area contributed by atoms with E-state index in [1.807, 2.05) is 0 Å². The maximum Gasteiger partial charge on any atom is 0.302 e. The molecule has 0 unspecified atom stereocenters. The van der Waals surface area contributed by atoms with Crippen molar-refractivity contribution in [1.82, 2.24) is 0 Å². The van der Waals surface area contributed by atoms with Crippen molar-refractivity contribution in [3.63, 3.8) is 0 Å². The van der Waals surface area contributed by atoms with Crippen LogP contribution in [0.15, 0.2) is 11.6 Å². The Kier molecular flexibility index (Phi) is 3.15. The van der Waals surface area contributed by atoms with E-state index >= 15 is 0 Å². The van der Waals surface area contributed by atoms with Gasteiger partial charge in [0.05, 0.1) is 0 Å². The minimum atomic E-state index is -0.114. The van der Waals surface area contributed by atoms with Gasteiger partial charge in [0.2, 0.25) is 0 Å². The van der Waals surface area contributed by atoms with Crippen LogP contribution in [0.3, 0.4) is 0 Å². The lowest BCUT2D eigenvalue weighted by Crippen LogP contribution is -2.50. The molecule has 24 heavy (non-hydrogen) atoms. The maximum absolute atomic E-state index is 11.3. The fourth-order valence-corrected chi connectivity index (χ4v) is 7.91. The first kappa shape index (κ1) is 15.5. The molecule has 5 aliphatic rings. The normalized spacial score (nSPS) is 54.7. The molecule has 5 rings (SSSR count). The molecule has 0 saturated heterocycles. The predicted molar refractivity (Wildman–Crippen MR) is 94.2 cm³/mol. The van der Waals surface area contributed by atoms with Crippen LogP contribution in [-0.2, 0) is 9.53 Å². The molecule has 0 spiro atoms. The Hall–Kier alpha value is -0.790. The minimum Gasteiger partial charge on any atom is -0.462 e. The van der Waals surface area contributed by atoms with Crippen molar-refractivity contribution in [2.24, 2.45) is 40.4 Å². The van der Waals surface area contributed by atoms with Gasteiger partial charge in [0.15, 0.2) is 0 Å². The van der Waals surface area contributed by atoms with Crippen LogP contribution in [0.2, 0.25) is 0 Å². The second-order valence-corrected chi connectivity index (χ2v) is 10.2. The number of fused-ring (bicyclic) bond motifs is 7. The number of hydrogen-bond donors (Lipinski definition) is 0. The first-order valence-electron chi connectivity index (χ1n) is 10.3. The third kappa shape index (κ3) is 2.04. The number of carbonyl (C=O) groups is 1. The molecule has 2 heteroatoms. The van der Waals surface area contributed by atoms with Gasteiger partial charge in [-0.2, -0.15) is 0 Å². The van der Waals surface area contributed by atoms with Gasteiger partial charge in [0.1, 0.15) is 6.10 Å². The summed E-state index contributed by atoms with van der Waals surface area (Å²) in [6.45, 7) is 6.70. The number of carbonyl (C=O) groups excluding carboxylic acids is 1. The Labute approximate surface area is 146 Å². The van der Waals surface area contributed by atoms with Gasteiger partial charge in [-0.15, -0.1) is 0 Å². The van der Waals surface area contributed by atoms with Crippen LogP contribution in [-0.4, -0.2) is 12.1 Å². The van der Waals surface area contributed by atoms with Gasteiger partial charge in [0.25, 0.3) is 0 Å². The zero-order chi connectivity index (χ0) is 16.7. The van der Waals surface area contributed by atoms with Crippen LogP contribution in [0.1, 0.15) is 72.1 Å².